The molecule has 1 saturated heterocycles. The van der Waals surface area contributed by atoms with Gasteiger partial charge in [-0.3, -0.25) is 14.6 Å². The third kappa shape index (κ3) is 6.20. The second-order valence-corrected chi connectivity index (χ2v) is 11.6. The van der Waals surface area contributed by atoms with Crippen molar-refractivity contribution in [1.82, 2.24) is 35.0 Å². The molecule has 4 aromatic carbocycles. The highest BCUT2D eigenvalue weighted by Crippen LogP contribution is 2.33. The number of hydrogen-bond donors (Lipinski definition) is 1. The van der Waals surface area contributed by atoms with E-state index in [1.165, 1.54) is 11.1 Å². The average Bonchev–Trinajstić information content (AvgIpc) is 3.55. The first-order valence-electron chi connectivity index (χ1n) is 15.9. The van der Waals surface area contributed by atoms with Crippen LogP contribution < -0.4 is 10.3 Å². The van der Waals surface area contributed by atoms with Crippen LogP contribution in [0.1, 0.15) is 47.1 Å². The molecule has 0 saturated carbocycles. The molecule has 6 aromatic rings. The van der Waals surface area contributed by atoms with Crippen molar-refractivity contribution >= 4 is 10.9 Å². The number of nitrogens with one attached hydrogen (secondary N) is 1. The number of tetrazole rings is 1. The quantitative estimate of drug-likeness (QED) is 0.220. The van der Waals surface area contributed by atoms with E-state index < -0.39 is 6.04 Å². The summed E-state index contributed by atoms with van der Waals surface area (Å²) >= 11 is 0. The smallest absolute Gasteiger partial charge is 0.253 e. The van der Waals surface area contributed by atoms with Crippen LogP contribution in [0, 0.1) is 0 Å². The molecule has 1 fully saturated rings. The Bertz CT molecular complexity index is 1900. The first-order valence-corrected chi connectivity index (χ1v) is 15.9. The minimum atomic E-state index is -0.448. The van der Waals surface area contributed by atoms with Gasteiger partial charge >= 0.3 is 0 Å². The molecular formula is C37H37N7O2. The minimum Gasteiger partial charge on any atom is -0.494 e. The lowest BCUT2D eigenvalue weighted by atomic mass is 9.96. The summed E-state index contributed by atoms with van der Waals surface area (Å²) in [7, 11) is 0. The zero-order chi connectivity index (χ0) is 31.3. The SMILES string of the molecule is CCOc1ccc2[nH]c(=O)c(C(c3nnnn3Cc3ccccc3)N3CCN(C(c4ccccc4)c4ccccc4)CC3)cc2c1. The number of fused-ring (bicyclic) bond motifs is 1. The molecule has 0 bridgehead atoms. The van der Waals surface area contributed by atoms with Crippen LogP contribution in [0.4, 0.5) is 0 Å². The van der Waals surface area contributed by atoms with Crippen LogP contribution in [0.5, 0.6) is 5.75 Å². The van der Waals surface area contributed by atoms with E-state index in [9.17, 15) is 4.79 Å². The fourth-order valence-electron chi connectivity index (χ4n) is 6.58. The largest absolute Gasteiger partial charge is 0.494 e. The second-order valence-electron chi connectivity index (χ2n) is 11.6. The molecule has 0 radical (unpaired) electrons. The van der Waals surface area contributed by atoms with Gasteiger partial charge in [0.05, 0.1) is 19.2 Å². The number of benzene rings is 4. The van der Waals surface area contributed by atoms with Gasteiger partial charge in [0, 0.05) is 42.6 Å². The summed E-state index contributed by atoms with van der Waals surface area (Å²) in [5.41, 5.74) is 4.84. The maximum atomic E-state index is 13.8. The molecule has 46 heavy (non-hydrogen) atoms. The first-order chi connectivity index (χ1) is 22.7. The van der Waals surface area contributed by atoms with Gasteiger partial charge in [0.25, 0.3) is 5.56 Å². The van der Waals surface area contributed by atoms with E-state index in [4.69, 9.17) is 4.74 Å². The highest BCUT2D eigenvalue weighted by Gasteiger charge is 2.35. The molecule has 232 valence electrons. The van der Waals surface area contributed by atoms with Gasteiger partial charge in [-0.1, -0.05) is 91.0 Å². The molecule has 0 spiro atoms. The van der Waals surface area contributed by atoms with Crippen LogP contribution in [-0.4, -0.2) is 67.8 Å². The Morgan fingerprint density at radius 2 is 1.37 bits per heavy atom. The highest BCUT2D eigenvalue weighted by atomic mass is 16.5. The molecule has 9 nitrogen and oxygen atoms in total. The van der Waals surface area contributed by atoms with Crippen molar-refractivity contribution in [2.45, 2.75) is 25.6 Å². The van der Waals surface area contributed by atoms with Crippen molar-refractivity contribution in [3.05, 3.63) is 154 Å². The van der Waals surface area contributed by atoms with Crippen LogP contribution in [-0.2, 0) is 6.54 Å². The number of H-pyrrole nitrogens is 1. The molecule has 1 aliphatic heterocycles. The zero-order valence-corrected chi connectivity index (χ0v) is 25.9. The number of nitrogens with zero attached hydrogens (tertiary/aromatic N) is 6. The molecular weight excluding hydrogens is 574 g/mol. The number of piperazine rings is 1. The Morgan fingerprint density at radius 3 is 2.00 bits per heavy atom. The minimum absolute atomic E-state index is 0.132. The summed E-state index contributed by atoms with van der Waals surface area (Å²) < 4.78 is 7.60. The molecule has 7 rings (SSSR count). The summed E-state index contributed by atoms with van der Waals surface area (Å²) in [6, 6.07) is 38.9. The molecule has 1 atom stereocenters. The van der Waals surface area contributed by atoms with Crippen LogP contribution in [0.2, 0.25) is 0 Å². The first kappa shape index (κ1) is 29.6. The topological polar surface area (TPSA) is 92.2 Å². The fraction of sp³-hybridized carbons (Fsp3) is 0.243. The van der Waals surface area contributed by atoms with E-state index in [0.717, 1.165) is 48.4 Å². The summed E-state index contributed by atoms with van der Waals surface area (Å²) in [4.78, 5) is 21.8. The molecule has 1 aliphatic rings. The van der Waals surface area contributed by atoms with Crippen LogP contribution >= 0.6 is 0 Å². The highest BCUT2D eigenvalue weighted by molar-refractivity contribution is 5.80. The Hall–Kier alpha value is -5.12. The van der Waals surface area contributed by atoms with Gasteiger partial charge in [-0.15, -0.1) is 5.10 Å². The van der Waals surface area contributed by atoms with Gasteiger partial charge in [-0.2, -0.15) is 0 Å². The second kappa shape index (κ2) is 13.5. The monoisotopic (exact) mass is 611 g/mol. The lowest BCUT2D eigenvalue weighted by Crippen LogP contribution is -2.50. The van der Waals surface area contributed by atoms with E-state index in [1.807, 2.05) is 54.1 Å². The zero-order valence-electron chi connectivity index (χ0n) is 25.9. The van der Waals surface area contributed by atoms with Crippen LogP contribution in [0.25, 0.3) is 10.9 Å². The van der Waals surface area contributed by atoms with Crippen molar-refractivity contribution in [1.29, 1.82) is 0 Å². The Balaban J connectivity index is 1.25. The van der Waals surface area contributed by atoms with Gasteiger partial charge in [0.1, 0.15) is 11.8 Å². The van der Waals surface area contributed by atoms with Crippen molar-refractivity contribution < 1.29 is 4.74 Å². The molecule has 9 heteroatoms. The van der Waals surface area contributed by atoms with Gasteiger partial charge < -0.3 is 9.72 Å². The number of pyridine rings is 1. The number of ether oxygens (including phenoxy) is 1. The van der Waals surface area contributed by atoms with Gasteiger partial charge in [0.15, 0.2) is 5.82 Å². The van der Waals surface area contributed by atoms with E-state index >= 15 is 0 Å². The maximum Gasteiger partial charge on any atom is 0.253 e. The van der Waals surface area contributed by atoms with Crippen LogP contribution in [0.3, 0.4) is 0 Å². The maximum absolute atomic E-state index is 13.8. The van der Waals surface area contributed by atoms with Gasteiger partial charge in [-0.05, 0) is 58.3 Å². The molecule has 1 unspecified atom stereocenters. The lowest BCUT2D eigenvalue weighted by molar-refractivity contribution is 0.0857. The normalized spacial score (nSPS) is 14.9. The standard InChI is InChI=1S/C37H37N7O2/c1-2-46-31-18-19-33-30(24-31)25-32(37(45)38-33)35(36-39-40-41-44(36)26-27-12-6-3-7-13-27)43-22-20-42(21-23-43)34(28-14-8-4-9-15-28)29-16-10-5-11-17-29/h3-19,24-25,34-35H,2,20-23,26H2,1H3,(H,38,45). The van der Waals surface area contributed by atoms with Crippen molar-refractivity contribution in [2.75, 3.05) is 32.8 Å². The molecule has 3 heterocycles. The summed E-state index contributed by atoms with van der Waals surface area (Å²) in [6.45, 7) is 6.12. The van der Waals surface area contributed by atoms with E-state index in [1.54, 1.807) is 0 Å². The van der Waals surface area contributed by atoms with Crippen LogP contribution in [0.15, 0.2) is 120 Å². The molecule has 0 aliphatic carbocycles. The third-order valence-corrected chi connectivity index (χ3v) is 8.74. The van der Waals surface area contributed by atoms with E-state index in [2.05, 4.69) is 103 Å². The van der Waals surface area contributed by atoms with Crippen molar-refractivity contribution in [3.8, 4) is 5.75 Å². The summed E-state index contributed by atoms with van der Waals surface area (Å²) in [5, 5.41) is 14.0. The van der Waals surface area contributed by atoms with E-state index in [-0.39, 0.29) is 11.6 Å². The Labute approximate surface area is 268 Å². The van der Waals surface area contributed by atoms with Gasteiger partial charge in [-0.25, -0.2) is 4.68 Å². The summed E-state index contributed by atoms with van der Waals surface area (Å²) in [6.07, 6.45) is 0. The van der Waals surface area contributed by atoms with E-state index in [0.29, 0.717) is 24.5 Å². The molecule has 1 N–H and O–H groups in total. The number of aromatic amines is 1. The number of rotatable bonds is 10. The molecule has 2 aromatic heterocycles. The Kier molecular flexibility index (Phi) is 8.67. The number of hydrogen-bond acceptors (Lipinski definition) is 7. The summed E-state index contributed by atoms with van der Waals surface area (Å²) in [5.74, 6) is 1.41. The predicted molar refractivity (Wildman–Crippen MR) is 179 cm³/mol. The fourth-order valence-corrected chi connectivity index (χ4v) is 6.58. The lowest BCUT2D eigenvalue weighted by Gasteiger charge is -2.42. The number of aromatic nitrogens is 5. The van der Waals surface area contributed by atoms with Crippen molar-refractivity contribution in [2.24, 2.45) is 0 Å². The van der Waals surface area contributed by atoms with Crippen molar-refractivity contribution in [3.63, 3.8) is 0 Å². The predicted octanol–water partition coefficient (Wildman–Crippen LogP) is 5.46. The Morgan fingerprint density at radius 1 is 0.761 bits per heavy atom. The average molecular weight is 612 g/mol. The molecule has 0 amide bonds. The van der Waals surface area contributed by atoms with Gasteiger partial charge in [0.2, 0.25) is 0 Å². The third-order valence-electron chi connectivity index (χ3n) is 8.74.